The zero-order valence-electron chi connectivity index (χ0n) is 12.9. The summed E-state index contributed by atoms with van der Waals surface area (Å²) in [7, 11) is 6.41. The first kappa shape index (κ1) is 16.2. The van der Waals surface area contributed by atoms with Gasteiger partial charge in [-0.1, -0.05) is 31.2 Å². The van der Waals surface area contributed by atoms with Crippen LogP contribution in [0, 0.1) is 0 Å². The second-order valence-corrected chi connectivity index (χ2v) is 5.53. The third-order valence-electron chi connectivity index (χ3n) is 3.16. The van der Waals surface area contributed by atoms with E-state index < -0.39 is 0 Å². The Morgan fingerprint density at radius 1 is 0.947 bits per heavy atom. The number of hydrogen-bond acceptors (Lipinski definition) is 3. The molecule has 19 heavy (non-hydrogen) atoms. The summed E-state index contributed by atoms with van der Waals surface area (Å²) in [5, 5.41) is 3.43. The molecular weight excluding hydrogens is 234 g/mol. The summed E-state index contributed by atoms with van der Waals surface area (Å²) in [6.45, 7) is 7.50. The summed E-state index contributed by atoms with van der Waals surface area (Å²) in [4.78, 5) is 4.59. The smallest absolute Gasteiger partial charge is 0.0231 e. The molecule has 108 valence electrons. The highest BCUT2D eigenvalue weighted by Gasteiger charge is 2.01. The van der Waals surface area contributed by atoms with Crippen molar-refractivity contribution in [2.24, 2.45) is 0 Å². The van der Waals surface area contributed by atoms with Crippen molar-refractivity contribution in [2.75, 3.05) is 40.8 Å². The number of likely N-dealkylation sites (N-methyl/N-ethyl adjacent to an activating group) is 2. The molecule has 0 aromatic heterocycles. The van der Waals surface area contributed by atoms with E-state index in [2.05, 4.69) is 67.4 Å². The van der Waals surface area contributed by atoms with Gasteiger partial charge >= 0.3 is 0 Å². The zero-order chi connectivity index (χ0) is 14.1. The van der Waals surface area contributed by atoms with Crippen LogP contribution in [-0.2, 0) is 13.1 Å². The topological polar surface area (TPSA) is 18.5 Å². The molecule has 0 amide bonds. The first-order valence-electron chi connectivity index (χ1n) is 7.23. The Hall–Kier alpha value is -0.900. The molecule has 0 saturated carbocycles. The lowest BCUT2D eigenvalue weighted by Gasteiger charge is -2.19. The van der Waals surface area contributed by atoms with E-state index in [1.54, 1.807) is 0 Å². The van der Waals surface area contributed by atoms with Crippen LogP contribution in [0.2, 0.25) is 0 Å². The zero-order valence-corrected chi connectivity index (χ0v) is 12.9. The molecule has 0 aliphatic rings. The molecule has 0 unspecified atom stereocenters. The fourth-order valence-corrected chi connectivity index (χ4v) is 1.93. The van der Waals surface area contributed by atoms with Gasteiger partial charge in [0.25, 0.3) is 0 Å². The monoisotopic (exact) mass is 263 g/mol. The molecule has 0 fully saturated rings. The van der Waals surface area contributed by atoms with Gasteiger partial charge in [-0.2, -0.15) is 0 Å². The van der Waals surface area contributed by atoms with Crippen LogP contribution in [0.5, 0.6) is 0 Å². The summed E-state index contributed by atoms with van der Waals surface area (Å²) in [5.41, 5.74) is 2.76. The van der Waals surface area contributed by atoms with E-state index in [0.717, 1.165) is 32.7 Å². The summed E-state index contributed by atoms with van der Waals surface area (Å²) in [5.74, 6) is 0. The second kappa shape index (κ2) is 9.08. The summed E-state index contributed by atoms with van der Waals surface area (Å²) in [6, 6.07) is 8.96. The number of benzene rings is 1. The first-order chi connectivity index (χ1) is 9.11. The Morgan fingerprint density at radius 3 is 2.16 bits per heavy atom. The number of nitrogens with one attached hydrogen (secondary N) is 1. The Balaban J connectivity index is 2.34. The normalized spacial score (nSPS) is 11.5. The maximum Gasteiger partial charge on any atom is 0.0231 e. The minimum atomic E-state index is 0.977. The van der Waals surface area contributed by atoms with E-state index in [1.807, 2.05) is 0 Å². The van der Waals surface area contributed by atoms with E-state index in [1.165, 1.54) is 17.5 Å². The lowest BCUT2D eigenvalue weighted by atomic mass is 10.1. The van der Waals surface area contributed by atoms with Gasteiger partial charge in [0.1, 0.15) is 0 Å². The molecule has 0 aliphatic carbocycles. The molecule has 0 atom stereocenters. The largest absolute Gasteiger partial charge is 0.313 e. The molecular formula is C16H29N3. The third kappa shape index (κ3) is 7.31. The lowest BCUT2D eigenvalue weighted by Crippen LogP contribution is -2.28. The van der Waals surface area contributed by atoms with Crippen molar-refractivity contribution in [2.45, 2.75) is 26.4 Å². The van der Waals surface area contributed by atoms with Gasteiger partial charge in [0.05, 0.1) is 0 Å². The molecule has 0 radical (unpaired) electrons. The lowest BCUT2D eigenvalue weighted by molar-refractivity contribution is 0.276. The molecule has 0 aliphatic heterocycles. The minimum Gasteiger partial charge on any atom is -0.313 e. The molecule has 0 bridgehead atoms. The van der Waals surface area contributed by atoms with E-state index >= 15 is 0 Å². The van der Waals surface area contributed by atoms with Crippen molar-refractivity contribution < 1.29 is 0 Å². The van der Waals surface area contributed by atoms with Crippen LogP contribution < -0.4 is 5.32 Å². The van der Waals surface area contributed by atoms with Gasteiger partial charge in [0.15, 0.2) is 0 Å². The van der Waals surface area contributed by atoms with Crippen molar-refractivity contribution >= 4 is 0 Å². The van der Waals surface area contributed by atoms with Crippen LogP contribution in [0.15, 0.2) is 24.3 Å². The van der Waals surface area contributed by atoms with Crippen molar-refractivity contribution in [3.05, 3.63) is 35.4 Å². The van der Waals surface area contributed by atoms with E-state index in [0.29, 0.717) is 0 Å². The summed E-state index contributed by atoms with van der Waals surface area (Å²) < 4.78 is 0. The average molecular weight is 263 g/mol. The molecule has 0 saturated heterocycles. The Bertz CT molecular complexity index is 332. The van der Waals surface area contributed by atoms with Crippen LogP contribution in [0.1, 0.15) is 24.5 Å². The van der Waals surface area contributed by atoms with E-state index in [4.69, 9.17) is 0 Å². The number of nitrogens with zero attached hydrogens (tertiary/aromatic N) is 2. The van der Waals surface area contributed by atoms with Crippen molar-refractivity contribution in [1.29, 1.82) is 0 Å². The average Bonchev–Trinajstić information content (AvgIpc) is 2.39. The maximum atomic E-state index is 3.43. The van der Waals surface area contributed by atoms with Gasteiger partial charge in [-0.05, 0) is 45.2 Å². The van der Waals surface area contributed by atoms with Gasteiger partial charge in [-0.15, -0.1) is 0 Å². The van der Waals surface area contributed by atoms with Crippen molar-refractivity contribution in [1.82, 2.24) is 15.1 Å². The van der Waals surface area contributed by atoms with Gasteiger partial charge in [0.2, 0.25) is 0 Å². The first-order valence-corrected chi connectivity index (χ1v) is 7.23. The van der Waals surface area contributed by atoms with Gasteiger partial charge < -0.3 is 15.1 Å². The standard InChI is InChI=1S/C16H29N3/c1-5-10-17-13-15-6-8-16(9-7-15)14-19(4)12-11-18(2)3/h6-9,17H,5,10-14H2,1-4H3. The van der Waals surface area contributed by atoms with E-state index in [9.17, 15) is 0 Å². The Kier molecular flexibility index (Phi) is 7.72. The van der Waals surface area contributed by atoms with Crippen molar-refractivity contribution in [3.63, 3.8) is 0 Å². The van der Waals surface area contributed by atoms with Gasteiger partial charge in [0, 0.05) is 26.2 Å². The highest BCUT2D eigenvalue weighted by Crippen LogP contribution is 2.06. The van der Waals surface area contributed by atoms with Crippen LogP contribution in [0.3, 0.4) is 0 Å². The van der Waals surface area contributed by atoms with Crippen molar-refractivity contribution in [3.8, 4) is 0 Å². The summed E-state index contributed by atoms with van der Waals surface area (Å²) in [6.07, 6.45) is 1.19. The Labute approximate surface area is 118 Å². The fourth-order valence-electron chi connectivity index (χ4n) is 1.93. The second-order valence-electron chi connectivity index (χ2n) is 5.53. The Morgan fingerprint density at radius 2 is 1.58 bits per heavy atom. The van der Waals surface area contributed by atoms with Crippen LogP contribution in [0.25, 0.3) is 0 Å². The van der Waals surface area contributed by atoms with Crippen LogP contribution in [-0.4, -0.2) is 50.6 Å². The number of hydrogen-bond donors (Lipinski definition) is 1. The molecule has 1 rings (SSSR count). The SMILES string of the molecule is CCCNCc1ccc(CN(C)CCN(C)C)cc1. The quantitative estimate of drug-likeness (QED) is 0.689. The van der Waals surface area contributed by atoms with Crippen LogP contribution in [0.4, 0.5) is 0 Å². The predicted molar refractivity (Wildman–Crippen MR) is 83.3 cm³/mol. The highest BCUT2D eigenvalue weighted by molar-refractivity contribution is 5.22. The predicted octanol–water partition coefficient (Wildman–Crippen LogP) is 2.18. The molecule has 1 N–H and O–H groups in total. The molecule has 1 aromatic carbocycles. The molecule has 3 nitrogen and oxygen atoms in total. The molecule has 3 heteroatoms. The fraction of sp³-hybridized carbons (Fsp3) is 0.625. The summed E-state index contributed by atoms with van der Waals surface area (Å²) >= 11 is 0. The minimum absolute atomic E-state index is 0.977. The maximum absolute atomic E-state index is 3.43. The third-order valence-corrected chi connectivity index (χ3v) is 3.16. The highest BCUT2D eigenvalue weighted by atomic mass is 15.1. The number of rotatable bonds is 9. The molecule has 1 aromatic rings. The van der Waals surface area contributed by atoms with E-state index in [-0.39, 0.29) is 0 Å². The van der Waals surface area contributed by atoms with Gasteiger partial charge in [-0.3, -0.25) is 0 Å². The molecule has 0 heterocycles. The van der Waals surface area contributed by atoms with Gasteiger partial charge in [-0.25, -0.2) is 0 Å². The van der Waals surface area contributed by atoms with Crippen LogP contribution >= 0.6 is 0 Å². The molecule has 0 spiro atoms.